The van der Waals surface area contributed by atoms with Crippen LogP contribution in [0.15, 0.2) is 48.5 Å². The van der Waals surface area contributed by atoms with Crippen LogP contribution in [0.1, 0.15) is 31.9 Å². The average Bonchev–Trinajstić information content (AvgIpc) is 2.44. The average molecular weight is 496 g/mol. The molecule has 1 heterocycles. The van der Waals surface area contributed by atoms with Crippen molar-refractivity contribution in [2.45, 2.75) is 39.4 Å². The number of hydrogen-bond acceptors (Lipinski definition) is 1. The van der Waals surface area contributed by atoms with Crippen LogP contribution >= 0.6 is 8.51 Å². The van der Waals surface area contributed by atoms with Gasteiger partial charge in [0.1, 0.15) is 0 Å². The first kappa shape index (κ1) is 15.5. The Hall–Kier alpha value is -0.427. The Balaban J connectivity index is 2.16. The van der Waals surface area contributed by atoms with Gasteiger partial charge in [0.25, 0.3) is 0 Å². The van der Waals surface area contributed by atoms with Gasteiger partial charge in [-0.05, 0) is 0 Å². The molecule has 0 N–H and O–H groups in total. The van der Waals surface area contributed by atoms with Gasteiger partial charge in [0.2, 0.25) is 0 Å². The van der Waals surface area contributed by atoms with Gasteiger partial charge in [-0.25, -0.2) is 0 Å². The van der Waals surface area contributed by atoms with Crippen LogP contribution in [-0.4, -0.2) is 31.0 Å². The summed E-state index contributed by atoms with van der Waals surface area (Å²) in [4.78, 5) is 2.55. The van der Waals surface area contributed by atoms with Crippen LogP contribution < -0.4 is 6.54 Å². The van der Waals surface area contributed by atoms with Gasteiger partial charge in [-0.3, -0.25) is 0 Å². The molecule has 110 valence electrons. The Labute approximate surface area is 139 Å². The maximum atomic E-state index is 7.00. The summed E-state index contributed by atoms with van der Waals surface area (Å²) in [6, 6.07) is 17.6. The number of rotatable bonds is 0. The molecule has 0 saturated heterocycles. The van der Waals surface area contributed by atoms with Crippen molar-refractivity contribution in [1.82, 2.24) is 4.90 Å². The van der Waals surface area contributed by atoms with Crippen LogP contribution in [-0.2, 0) is 13.1 Å². The number of fused-ring (bicyclic) bond motifs is 2. The predicted molar refractivity (Wildman–Crippen MR) is 92.8 cm³/mol. The van der Waals surface area contributed by atoms with E-state index in [9.17, 15) is 0 Å². The van der Waals surface area contributed by atoms with E-state index in [0.717, 1.165) is 13.1 Å². The van der Waals surface area contributed by atoms with Gasteiger partial charge in [0.15, 0.2) is 0 Å². The zero-order valence-electron chi connectivity index (χ0n) is 12.8. The third kappa shape index (κ3) is 3.18. The third-order valence-electron chi connectivity index (χ3n) is 4.08. The van der Waals surface area contributed by atoms with Gasteiger partial charge < -0.3 is 0 Å². The van der Waals surface area contributed by atoms with E-state index < -0.39 is 20.6 Å². The number of nitrogens with zero attached hydrogens (tertiary/aromatic N) is 1. The normalized spacial score (nSPS) is 16.8. The standard InChI is InChI=1S/C18H21N.Bi.ClH/c1-18(2,3)19(14-16-10-6-4-7-11-16)15-17-12-8-5-9-13-17;;/h4-10,12H,14-15H2,1-3H3;;1H/q;+1;/p-1. The minimum atomic E-state index is -2.32. The molecule has 0 bridgehead atoms. The first-order chi connectivity index (χ1) is 9.97. The SMILES string of the molecule is CC(C)(C)N1Cc2cccc[c]2[Bi]([Cl])[c]2ccccc2C1. The number of benzene rings is 2. The Kier molecular flexibility index (Phi) is 4.41. The van der Waals surface area contributed by atoms with Crippen molar-refractivity contribution in [1.29, 1.82) is 0 Å². The topological polar surface area (TPSA) is 3.24 Å². The Morgan fingerprint density at radius 2 is 1.29 bits per heavy atom. The summed E-state index contributed by atoms with van der Waals surface area (Å²) < 4.78 is 2.88. The molecule has 0 fully saturated rings. The minimum absolute atomic E-state index is 0.147. The molecule has 0 aliphatic carbocycles. The monoisotopic (exact) mass is 495 g/mol. The van der Waals surface area contributed by atoms with Crippen molar-refractivity contribution in [2.24, 2.45) is 0 Å². The van der Waals surface area contributed by atoms with Crippen LogP contribution in [0.4, 0.5) is 0 Å². The summed E-state index contributed by atoms with van der Waals surface area (Å²) in [5, 5.41) is 0. The van der Waals surface area contributed by atoms with Crippen LogP contribution in [0, 0.1) is 0 Å². The Morgan fingerprint density at radius 1 is 0.857 bits per heavy atom. The molecule has 0 atom stereocenters. The molecule has 2 aromatic rings. The van der Waals surface area contributed by atoms with Crippen LogP contribution in [0.3, 0.4) is 0 Å². The molecule has 3 rings (SSSR count). The van der Waals surface area contributed by atoms with Crippen molar-refractivity contribution in [3.63, 3.8) is 0 Å². The zero-order chi connectivity index (χ0) is 15.0. The van der Waals surface area contributed by atoms with Crippen LogP contribution in [0.25, 0.3) is 0 Å². The van der Waals surface area contributed by atoms with E-state index in [0.29, 0.717) is 0 Å². The maximum absolute atomic E-state index is 7.00. The van der Waals surface area contributed by atoms with Gasteiger partial charge >= 0.3 is 140 Å². The molecule has 0 amide bonds. The molecular formula is C18H21BiClN. The van der Waals surface area contributed by atoms with Crippen LogP contribution in [0.2, 0.25) is 0 Å². The second-order valence-corrected chi connectivity index (χ2v) is 15.5. The molecule has 1 aliphatic heterocycles. The molecule has 0 spiro atoms. The van der Waals surface area contributed by atoms with E-state index in [2.05, 4.69) is 74.2 Å². The van der Waals surface area contributed by atoms with E-state index in [4.69, 9.17) is 8.51 Å². The van der Waals surface area contributed by atoms with E-state index in [-0.39, 0.29) is 5.54 Å². The van der Waals surface area contributed by atoms with Crippen molar-refractivity contribution < 1.29 is 0 Å². The number of hydrogen-bond donors (Lipinski definition) is 0. The van der Waals surface area contributed by atoms with E-state index in [1.165, 1.54) is 17.7 Å². The zero-order valence-corrected chi connectivity index (χ0v) is 17.0. The summed E-state index contributed by atoms with van der Waals surface area (Å²) in [7, 11) is 7.00. The fraction of sp³-hybridized carbons (Fsp3) is 0.333. The molecule has 1 aliphatic rings. The first-order valence-electron chi connectivity index (χ1n) is 7.33. The predicted octanol–water partition coefficient (Wildman–Crippen LogP) is 3.15. The second-order valence-electron chi connectivity index (χ2n) is 6.57. The molecule has 3 heteroatoms. The molecule has 0 aromatic heterocycles. The Bertz CT molecular complexity index is 598. The fourth-order valence-electron chi connectivity index (χ4n) is 2.74. The summed E-state index contributed by atoms with van der Waals surface area (Å²) >= 11 is -2.32. The van der Waals surface area contributed by atoms with Gasteiger partial charge in [-0.1, -0.05) is 0 Å². The molecule has 0 radical (unpaired) electrons. The summed E-state index contributed by atoms with van der Waals surface area (Å²) in [6.07, 6.45) is 0. The second kappa shape index (κ2) is 5.99. The van der Waals surface area contributed by atoms with Gasteiger partial charge in [0.05, 0.1) is 0 Å². The van der Waals surface area contributed by atoms with E-state index in [1.807, 2.05) is 0 Å². The molecule has 0 saturated carbocycles. The summed E-state index contributed by atoms with van der Waals surface area (Å²) in [6.45, 7) is 8.86. The van der Waals surface area contributed by atoms with Gasteiger partial charge in [0, 0.05) is 0 Å². The van der Waals surface area contributed by atoms with Gasteiger partial charge in [-0.15, -0.1) is 0 Å². The molecule has 0 unspecified atom stereocenters. The van der Waals surface area contributed by atoms with Crippen molar-refractivity contribution in [3.8, 4) is 0 Å². The summed E-state index contributed by atoms with van der Waals surface area (Å²) in [5.41, 5.74) is 3.00. The van der Waals surface area contributed by atoms with E-state index in [1.54, 1.807) is 0 Å². The van der Waals surface area contributed by atoms with Gasteiger partial charge in [-0.2, -0.15) is 0 Å². The fourth-order valence-corrected chi connectivity index (χ4v) is 11.4. The molecule has 21 heavy (non-hydrogen) atoms. The quantitative estimate of drug-likeness (QED) is 0.508. The summed E-state index contributed by atoms with van der Waals surface area (Å²) in [5.74, 6) is 0. The van der Waals surface area contributed by atoms with Crippen molar-refractivity contribution in [3.05, 3.63) is 59.7 Å². The first-order valence-corrected chi connectivity index (χ1v) is 15.1. The third-order valence-corrected chi connectivity index (χ3v) is 14.0. The Morgan fingerprint density at radius 3 is 1.71 bits per heavy atom. The number of halogens is 1. The molecule has 2 aromatic carbocycles. The van der Waals surface area contributed by atoms with Crippen molar-refractivity contribution >= 4 is 35.6 Å². The van der Waals surface area contributed by atoms with Crippen molar-refractivity contribution in [2.75, 3.05) is 0 Å². The molecular weight excluding hydrogens is 475 g/mol. The van der Waals surface area contributed by atoms with Crippen LogP contribution in [0.5, 0.6) is 0 Å². The van der Waals surface area contributed by atoms with E-state index >= 15 is 0 Å². The molecule has 1 nitrogen and oxygen atoms in total.